The van der Waals surface area contributed by atoms with Crippen LogP contribution in [0.3, 0.4) is 0 Å². The molecule has 33 heavy (non-hydrogen) atoms. The molecule has 0 bridgehead atoms. The minimum absolute atomic E-state index is 0.0247. The first kappa shape index (κ1) is 22.6. The topological polar surface area (TPSA) is 67.0 Å². The van der Waals surface area contributed by atoms with Crippen molar-refractivity contribution in [2.45, 2.75) is 26.4 Å². The fourth-order valence-electron chi connectivity index (χ4n) is 3.63. The molecule has 168 valence electrons. The Bertz CT molecular complexity index is 1250. The molecular formula is C27H26ClN3O2. The molecule has 0 atom stereocenters. The minimum atomic E-state index is -0.237. The van der Waals surface area contributed by atoms with Crippen molar-refractivity contribution in [1.29, 1.82) is 0 Å². The molecule has 0 aliphatic rings. The molecule has 0 saturated heterocycles. The van der Waals surface area contributed by atoms with Gasteiger partial charge in [0.15, 0.2) is 0 Å². The summed E-state index contributed by atoms with van der Waals surface area (Å²) in [7, 11) is 1.60. The summed E-state index contributed by atoms with van der Waals surface area (Å²) in [4.78, 5) is 20.4. The molecule has 0 spiro atoms. The highest BCUT2D eigenvalue weighted by Gasteiger charge is 2.18. The van der Waals surface area contributed by atoms with E-state index < -0.39 is 0 Å². The molecule has 0 aliphatic heterocycles. The number of nitrogens with one attached hydrogen (secondary N) is 2. The molecule has 0 radical (unpaired) electrons. The van der Waals surface area contributed by atoms with Gasteiger partial charge in [0.2, 0.25) is 0 Å². The summed E-state index contributed by atoms with van der Waals surface area (Å²) in [6.07, 6.45) is 0.573. The maximum atomic E-state index is 12.5. The van der Waals surface area contributed by atoms with Crippen LogP contribution in [0, 0.1) is 0 Å². The number of nitrogens with zero attached hydrogens (tertiary/aromatic N) is 1. The van der Waals surface area contributed by atoms with Gasteiger partial charge in [-0.05, 0) is 48.7 Å². The van der Waals surface area contributed by atoms with Gasteiger partial charge < -0.3 is 15.0 Å². The molecule has 0 aliphatic carbocycles. The molecule has 3 aromatic carbocycles. The number of amides is 1. The van der Waals surface area contributed by atoms with Gasteiger partial charge in [0.1, 0.15) is 17.3 Å². The third-order valence-corrected chi connectivity index (χ3v) is 5.53. The number of aromatic amines is 1. The van der Waals surface area contributed by atoms with E-state index in [1.807, 2.05) is 44.2 Å². The van der Waals surface area contributed by atoms with Crippen LogP contribution in [0.15, 0.2) is 72.8 Å². The van der Waals surface area contributed by atoms with E-state index in [-0.39, 0.29) is 12.0 Å². The van der Waals surface area contributed by atoms with Crippen molar-refractivity contribution < 1.29 is 9.53 Å². The second kappa shape index (κ2) is 9.92. The number of rotatable bonds is 7. The van der Waals surface area contributed by atoms with Crippen molar-refractivity contribution in [3.8, 4) is 28.3 Å². The lowest BCUT2D eigenvalue weighted by Crippen LogP contribution is -2.20. The quantitative estimate of drug-likeness (QED) is 0.349. The van der Waals surface area contributed by atoms with E-state index in [1.54, 1.807) is 13.1 Å². The Labute approximate surface area is 198 Å². The summed E-state index contributed by atoms with van der Waals surface area (Å²) in [6.45, 7) is 3.90. The monoisotopic (exact) mass is 459 g/mol. The molecular weight excluding hydrogens is 434 g/mol. The standard InChI is InChI=1S/C27H26ClN3O2/c1-17(2)33-24-14-13-21(16-22(24)28)26-30-23(25(31-26)27(32)29-3)15-18-9-11-20(12-10-18)19-7-5-4-6-8-19/h4-14,16-17H,15H2,1-3H3,(H,29,32)(H,30,31). The van der Waals surface area contributed by atoms with Crippen molar-refractivity contribution in [2.75, 3.05) is 7.05 Å². The Kier molecular flexibility index (Phi) is 6.80. The van der Waals surface area contributed by atoms with E-state index in [0.717, 1.165) is 22.4 Å². The first-order valence-corrected chi connectivity index (χ1v) is 11.2. The maximum Gasteiger partial charge on any atom is 0.271 e. The summed E-state index contributed by atoms with van der Waals surface area (Å²) in [5.41, 5.74) is 5.30. The normalized spacial score (nSPS) is 10.9. The summed E-state index contributed by atoms with van der Waals surface area (Å²) in [5, 5.41) is 3.17. The summed E-state index contributed by atoms with van der Waals surface area (Å²) in [6, 6.07) is 24.1. The third-order valence-electron chi connectivity index (χ3n) is 5.23. The summed E-state index contributed by atoms with van der Waals surface area (Å²) < 4.78 is 5.71. The molecule has 4 aromatic rings. The smallest absolute Gasteiger partial charge is 0.271 e. The van der Waals surface area contributed by atoms with Crippen LogP contribution in [-0.4, -0.2) is 29.0 Å². The van der Waals surface area contributed by atoms with E-state index in [2.05, 4.69) is 51.7 Å². The Morgan fingerprint density at radius 3 is 2.30 bits per heavy atom. The van der Waals surface area contributed by atoms with Crippen molar-refractivity contribution in [3.05, 3.63) is 94.8 Å². The van der Waals surface area contributed by atoms with Crippen LogP contribution in [0.5, 0.6) is 5.75 Å². The van der Waals surface area contributed by atoms with Gasteiger partial charge >= 0.3 is 0 Å². The number of benzene rings is 3. The van der Waals surface area contributed by atoms with Gasteiger partial charge in [-0.25, -0.2) is 4.98 Å². The molecule has 0 fully saturated rings. The van der Waals surface area contributed by atoms with E-state index in [1.165, 1.54) is 5.56 Å². The number of ether oxygens (including phenoxy) is 1. The van der Waals surface area contributed by atoms with Crippen LogP contribution < -0.4 is 10.1 Å². The van der Waals surface area contributed by atoms with Crippen molar-refractivity contribution in [1.82, 2.24) is 15.3 Å². The van der Waals surface area contributed by atoms with Crippen LogP contribution in [0.25, 0.3) is 22.5 Å². The predicted molar refractivity (Wildman–Crippen MR) is 133 cm³/mol. The van der Waals surface area contributed by atoms with Gasteiger partial charge in [-0.2, -0.15) is 0 Å². The molecule has 1 aromatic heterocycles. The number of hydrogen-bond donors (Lipinski definition) is 2. The third kappa shape index (κ3) is 5.26. The highest BCUT2D eigenvalue weighted by molar-refractivity contribution is 6.32. The second-order valence-corrected chi connectivity index (χ2v) is 8.45. The fourth-order valence-corrected chi connectivity index (χ4v) is 3.85. The van der Waals surface area contributed by atoms with Crippen LogP contribution >= 0.6 is 11.6 Å². The molecule has 1 heterocycles. The zero-order chi connectivity index (χ0) is 23.4. The lowest BCUT2D eigenvalue weighted by atomic mass is 10.0. The number of hydrogen-bond acceptors (Lipinski definition) is 3. The SMILES string of the molecule is CNC(=O)c1nc(-c2ccc(OC(C)C)c(Cl)c2)[nH]c1Cc1ccc(-c2ccccc2)cc1. The number of imidazole rings is 1. The van der Waals surface area contributed by atoms with Gasteiger partial charge in [-0.1, -0.05) is 66.2 Å². The number of H-pyrrole nitrogens is 1. The Morgan fingerprint density at radius 1 is 1.00 bits per heavy atom. The second-order valence-electron chi connectivity index (χ2n) is 8.04. The molecule has 1 amide bonds. The average molecular weight is 460 g/mol. The first-order chi connectivity index (χ1) is 15.9. The lowest BCUT2D eigenvalue weighted by Gasteiger charge is -2.11. The van der Waals surface area contributed by atoms with Crippen molar-refractivity contribution in [2.24, 2.45) is 0 Å². The first-order valence-electron chi connectivity index (χ1n) is 10.9. The highest BCUT2D eigenvalue weighted by atomic mass is 35.5. The van der Waals surface area contributed by atoms with Gasteiger partial charge in [-0.3, -0.25) is 4.79 Å². The van der Waals surface area contributed by atoms with Gasteiger partial charge in [-0.15, -0.1) is 0 Å². The van der Waals surface area contributed by atoms with Gasteiger partial charge in [0.25, 0.3) is 5.91 Å². The van der Waals surface area contributed by atoms with Gasteiger partial charge in [0.05, 0.1) is 16.8 Å². The summed E-state index contributed by atoms with van der Waals surface area (Å²) >= 11 is 6.41. The number of halogens is 1. The van der Waals surface area contributed by atoms with E-state index in [4.69, 9.17) is 16.3 Å². The Hall–Kier alpha value is -3.57. The number of carbonyl (C=O) groups is 1. The van der Waals surface area contributed by atoms with E-state index in [9.17, 15) is 4.79 Å². The highest BCUT2D eigenvalue weighted by Crippen LogP contribution is 2.31. The molecule has 4 rings (SSSR count). The average Bonchev–Trinajstić information content (AvgIpc) is 3.24. The Morgan fingerprint density at radius 2 is 1.67 bits per heavy atom. The number of carbonyl (C=O) groups excluding carboxylic acids is 1. The lowest BCUT2D eigenvalue weighted by molar-refractivity contribution is 0.0958. The zero-order valence-electron chi connectivity index (χ0n) is 18.9. The largest absolute Gasteiger partial charge is 0.489 e. The molecule has 6 heteroatoms. The molecule has 2 N–H and O–H groups in total. The zero-order valence-corrected chi connectivity index (χ0v) is 19.6. The summed E-state index contributed by atoms with van der Waals surface area (Å²) in [5.74, 6) is 0.967. The van der Waals surface area contributed by atoms with Gasteiger partial charge in [0, 0.05) is 19.0 Å². The van der Waals surface area contributed by atoms with Crippen LogP contribution in [-0.2, 0) is 6.42 Å². The molecule has 0 unspecified atom stereocenters. The molecule has 5 nitrogen and oxygen atoms in total. The number of aromatic nitrogens is 2. The van der Waals surface area contributed by atoms with Crippen LogP contribution in [0.2, 0.25) is 5.02 Å². The Balaban J connectivity index is 1.62. The van der Waals surface area contributed by atoms with Crippen LogP contribution in [0.1, 0.15) is 35.6 Å². The fraction of sp³-hybridized carbons (Fsp3) is 0.185. The van der Waals surface area contributed by atoms with E-state index in [0.29, 0.717) is 28.7 Å². The molecule has 0 saturated carbocycles. The maximum absolute atomic E-state index is 12.5. The van der Waals surface area contributed by atoms with Crippen molar-refractivity contribution >= 4 is 17.5 Å². The van der Waals surface area contributed by atoms with E-state index >= 15 is 0 Å². The minimum Gasteiger partial charge on any atom is -0.489 e. The van der Waals surface area contributed by atoms with Crippen LogP contribution in [0.4, 0.5) is 0 Å². The van der Waals surface area contributed by atoms with Crippen molar-refractivity contribution in [3.63, 3.8) is 0 Å². The predicted octanol–water partition coefficient (Wildman–Crippen LogP) is 6.13.